The van der Waals surface area contributed by atoms with E-state index in [1.165, 1.54) is 11.1 Å². The predicted octanol–water partition coefficient (Wildman–Crippen LogP) is 15.7. The molecule has 1 saturated heterocycles. The van der Waals surface area contributed by atoms with E-state index in [2.05, 4.69) is 91.7 Å². The number of benzene rings is 6. The van der Waals surface area contributed by atoms with E-state index in [-0.39, 0.29) is 48.2 Å². The number of ether oxygens (including phenoxy) is 3. The van der Waals surface area contributed by atoms with Gasteiger partial charge in [0.1, 0.15) is 11.9 Å². The maximum atomic E-state index is 18.1. The zero-order valence-electron chi connectivity index (χ0n) is 56.2. The van der Waals surface area contributed by atoms with Gasteiger partial charge in [-0.15, -0.1) is 0 Å². The summed E-state index contributed by atoms with van der Waals surface area (Å²) in [5.41, 5.74) is 8.43. The van der Waals surface area contributed by atoms with E-state index in [0.29, 0.717) is 65.4 Å². The minimum absolute atomic E-state index is 0.00318. The number of aromatic nitrogens is 1. The zero-order chi connectivity index (χ0) is 66.7. The van der Waals surface area contributed by atoms with E-state index >= 15 is 4.79 Å². The first kappa shape index (κ1) is 69.2. The van der Waals surface area contributed by atoms with Crippen molar-refractivity contribution in [3.63, 3.8) is 0 Å². The molecule has 4 fully saturated rings. The monoisotopic (exact) mass is 1370 g/mol. The molecule has 1 aromatic heterocycles. The molecule has 0 spiro atoms. The topological polar surface area (TPSA) is 194 Å². The van der Waals surface area contributed by atoms with E-state index in [0.717, 1.165) is 151 Å². The SMILES string of the molecule is CCc1ccc2cccc3c2c1Cc1c(ccc(O)c1OC)CC(Cc1cc[nH]c1)C(O)C1C(=O)C(c2cc(O)cc(C45CCCC(Cc6cccc(CCC(C)C)c6)C4CCCN5)c2)(C2CSSCC4CCCCC4Oc4cc2ccc4OCO)C(O)CC1CSSC3CO. The highest BCUT2D eigenvalue weighted by atomic mass is 33.1. The molecule has 96 heavy (non-hydrogen) atoms. The summed E-state index contributed by atoms with van der Waals surface area (Å²) in [6.07, 6.45) is 15.2. The lowest BCUT2D eigenvalue weighted by atomic mass is 9.52. The second kappa shape index (κ2) is 30.7. The van der Waals surface area contributed by atoms with Crippen LogP contribution in [0.3, 0.4) is 0 Å². The Balaban J connectivity index is 1.00. The van der Waals surface area contributed by atoms with Crippen LogP contribution < -0.4 is 19.5 Å². The van der Waals surface area contributed by atoms with E-state index in [4.69, 9.17) is 14.2 Å². The Bertz CT molecular complexity index is 3820. The van der Waals surface area contributed by atoms with E-state index in [1.807, 2.05) is 48.8 Å². The fraction of sp³-hybridized carbons (Fsp3) is 0.512. The second-order valence-electron chi connectivity index (χ2n) is 29.0. The molecular formula is C80H98N2O10S4. The molecule has 12 nitrogen and oxygen atoms in total. The van der Waals surface area contributed by atoms with Crippen LogP contribution >= 0.6 is 43.2 Å². The number of ketones is 1. The number of piperidine rings is 1. The summed E-state index contributed by atoms with van der Waals surface area (Å²) in [4.78, 5) is 21.4. The summed E-state index contributed by atoms with van der Waals surface area (Å²) in [6.45, 7) is 6.80. The first-order valence-corrected chi connectivity index (χ1v) is 40.4. The van der Waals surface area contributed by atoms with E-state index in [1.54, 1.807) is 62.4 Å². The summed E-state index contributed by atoms with van der Waals surface area (Å²) < 4.78 is 19.3. The summed E-state index contributed by atoms with van der Waals surface area (Å²) >= 11 is 0. The van der Waals surface area contributed by atoms with Crippen LogP contribution in [0.4, 0.5) is 0 Å². The van der Waals surface area contributed by atoms with Gasteiger partial charge in [-0.1, -0.05) is 150 Å². The van der Waals surface area contributed by atoms with Gasteiger partial charge < -0.3 is 55.2 Å². The largest absolute Gasteiger partial charge is 0.508 e. The van der Waals surface area contributed by atoms with Gasteiger partial charge in [0.2, 0.25) is 0 Å². The Morgan fingerprint density at radius 2 is 1.58 bits per heavy atom. The molecule has 13 atom stereocenters. The third-order valence-corrected chi connectivity index (χ3v) is 28.4. The van der Waals surface area contributed by atoms with E-state index in [9.17, 15) is 30.6 Å². The number of nitrogens with one attached hydrogen (secondary N) is 2. The maximum absolute atomic E-state index is 18.1. The number of hydrogen-bond acceptors (Lipinski definition) is 15. The highest BCUT2D eigenvalue weighted by molar-refractivity contribution is 8.77. The van der Waals surface area contributed by atoms with Crippen LogP contribution in [0.25, 0.3) is 10.8 Å². The van der Waals surface area contributed by atoms with Crippen molar-refractivity contribution in [1.82, 2.24) is 10.3 Å². The van der Waals surface area contributed by atoms with Crippen molar-refractivity contribution >= 4 is 59.7 Å². The summed E-state index contributed by atoms with van der Waals surface area (Å²) in [5, 5.41) is 81.0. The first-order valence-electron chi connectivity index (χ1n) is 35.5. The number of aliphatic hydroxyl groups excluding tert-OH is 4. The molecule has 13 rings (SSSR count). The van der Waals surface area contributed by atoms with Gasteiger partial charge >= 0.3 is 0 Å². The Morgan fingerprint density at radius 1 is 0.771 bits per heavy atom. The van der Waals surface area contributed by atoms with Crippen LogP contribution in [0.15, 0.2) is 122 Å². The Hall–Kier alpha value is -5.27. The molecule has 2 bridgehead atoms. The van der Waals surface area contributed by atoms with Gasteiger partial charge in [-0.05, 0) is 229 Å². The average molecular weight is 1380 g/mol. The molecule has 4 heterocycles. The normalized spacial score (nSPS) is 28.9. The van der Waals surface area contributed by atoms with Crippen LogP contribution in [0.5, 0.6) is 28.7 Å². The predicted molar refractivity (Wildman–Crippen MR) is 392 cm³/mol. The smallest absolute Gasteiger partial charge is 0.186 e. The fourth-order valence-corrected chi connectivity index (χ4v) is 24.1. The van der Waals surface area contributed by atoms with Crippen molar-refractivity contribution in [2.24, 2.45) is 41.4 Å². The highest BCUT2D eigenvalue weighted by Gasteiger charge is 2.62. The van der Waals surface area contributed by atoms with Gasteiger partial charge in [0.25, 0.3) is 0 Å². The first-order chi connectivity index (χ1) is 46.7. The maximum Gasteiger partial charge on any atom is 0.186 e. The number of aromatic amines is 1. The van der Waals surface area contributed by atoms with Gasteiger partial charge in [-0.2, -0.15) is 0 Å². The van der Waals surface area contributed by atoms with Crippen molar-refractivity contribution in [1.29, 1.82) is 0 Å². The minimum Gasteiger partial charge on any atom is -0.508 e. The Kier molecular flexibility index (Phi) is 22.1. The van der Waals surface area contributed by atoms with Crippen molar-refractivity contribution in [2.75, 3.05) is 44.3 Å². The number of aryl methyl sites for hydroxylation is 2. The van der Waals surface area contributed by atoms with Gasteiger partial charge in [-0.25, -0.2) is 0 Å². The van der Waals surface area contributed by atoms with Crippen LogP contribution in [-0.4, -0.2) is 104 Å². The molecule has 3 aliphatic heterocycles. The number of fused-ring (bicyclic) bond motifs is 6. The Morgan fingerprint density at radius 3 is 2.40 bits per heavy atom. The van der Waals surface area contributed by atoms with Gasteiger partial charge in [0.15, 0.2) is 35.6 Å². The molecule has 6 aromatic carbocycles. The molecule has 0 amide bonds. The standard InChI is InChI=1S/C80H98N2O10S4/c1-5-52-22-23-53-15-9-17-63-72(43-83)96-95-45-59-37-73(87)80(67-46-94-93-44-57-14-6-7-19-69(57)92-71-36-56(67)25-27-70(71)91-47-84,78(89)75(59)76(88)58(34-51-28-31-81-42-51)35-54-24-26-68(86)77(90-4)65(54)41-64(52)74(53)63)61-38-60(39-62(85)40-61)79-29-10-16-55(66(79)18-11-30-82-79)33-50-13-8-12-49(32-50)21-20-48(2)3/h8-9,12-13,15,17,22-28,31-32,36,38-40,42,48,55,57-59,66-67,69,72-73,75-76,81-88H,5-7,10-11,14,16,18-21,29-30,33-35,37,41,43-47H2,1-4H3. The molecule has 6 aliphatic rings. The quantitative estimate of drug-likeness (QED) is 0.0357. The molecule has 16 heteroatoms. The van der Waals surface area contributed by atoms with Crippen molar-refractivity contribution in [3.8, 4) is 28.7 Å². The van der Waals surface area contributed by atoms with Gasteiger partial charge in [-0.3, -0.25) is 4.79 Å². The summed E-state index contributed by atoms with van der Waals surface area (Å²) in [5.74, 6) is 1.00. The molecule has 13 unspecified atom stereocenters. The molecule has 7 aromatic rings. The number of hydrogen-bond donors (Lipinski definition) is 8. The lowest BCUT2D eigenvalue weighted by Crippen LogP contribution is -2.63. The third kappa shape index (κ3) is 13.9. The number of H-pyrrole nitrogens is 1. The van der Waals surface area contributed by atoms with Crippen molar-refractivity contribution in [3.05, 3.63) is 183 Å². The van der Waals surface area contributed by atoms with Crippen LogP contribution in [-0.2, 0) is 54.3 Å². The number of rotatable bonds is 15. The Labute approximate surface area is 583 Å². The molecule has 0 radical (unpaired) electrons. The van der Waals surface area contributed by atoms with Crippen LogP contribution in [0.1, 0.15) is 164 Å². The number of carbonyl (C=O) groups excluding carboxylic acids is 1. The van der Waals surface area contributed by atoms with Crippen LogP contribution in [0, 0.1) is 41.4 Å². The minimum atomic E-state index is -1.78. The van der Waals surface area contributed by atoms with Crippen LogP contribution in [0.2, 0.25) is 0 Å². The number of aliphatic hydroxyl groups is 4. The average Bonchev–Trinajstić information content (AvgIpc) is 0.737. The lowest BCUT2D eigenvalue weighted by molar-refractivity contribution is -0.150. The molecule has 8 N–H and O–H groups in total. The third-order valence-electron chi connectivity index (χ3n) is 23.0. The summed E-state index contributed by atoms with van der Waals surface area (Å²) in [6, 6.07) is 37.2. The second-order valence-corrected chi connectivity index (χ2v) is 34.1. The molecular weight excluding hydrogens is 1280 g/mol. The number of aromatic hydroxyl groups is 2. The van der Waals surface area contributed by atoms with Crippen molar-refractivity contribution in [2.45, 2.75) is 170 Å². The highest BCUT2D eigenvalue weighted by Crippen LogP contribution is 2.59. The summed E-state index contributed by atoms with van der Waals surface area (Å²) in [7, 11) is 8.24. The fourth-order valence-electron chi connectivity index (χ4n) is 18.4. The molecule has 3 aliphatic carbocycles. The molecule has 3 saturated carbocycles. The number of phenolic OH excluding ortho intramolecular Hbond substituents is 2. The van der Waals surface area contributed by atoms with Gasteiger partial charge in [0, 0.05) is 64.9 Å². The lowest BCUT2D eigenvalue weighted by Gasteiger charge is -2.54. The zero-order valence-corrected chi connectivity index (χ0v) is 59.5. The number of phenols is 2. The number of carbonyl (C=O) groups is 1. The number of Topliss-reactive ketones (excluding diaryl/α,β-unsaturated/α-hetero) is 1. The van der Waals surface area contributed by atoms with Crippen molar-refractivity contribution < 1.29 is 49.6 Å². The van der Waals surface area contributed by atoms with Gasteiger partial charge in [0.05, 0.1) is 36.6 Å². The van der Waals surface area contributed by atoms with E-state index < -0.39 is 58.9 Å². The number of methoxy groups -OCH3 is 1. The molecule has 512 valence electrons.